The van der Waals surface area contributed by atoms with Crippen molar-refractivity contribution in [3.8, 4) is 0 Å². The van der Waals surface area contributed by atoms with Crippen LogP contribution in [0.15, 0.2) is 70.5 Å². The molecule has 2 aromatic carbocycles. The van der Waals surface area contributed by atoms with Gasteiger partial charge in [-0.25, -0.2) is 8.42 Å². The predicted octanol–water partition coefficient (Wildman–Crippen LogP) is 2.75. The Balaban J connectivity index is 1.56. The van der Waals surface area contributed by atoms with Crippen LogP contribution in [0.25, 0.3) is 0 Å². The molecule has 1 amide bonds. The lowest BCUT2D eigenvalue weighted by Gasteiger charge is -2.23. The molecule has 1 aliphatic rings. The lowest BCUT2D eigenvalue weighted by molar-refractivity contribution is -0.124. The Labute approximate surface area is 158 Å². The van der Waals surface area contributed by atoms with E-state index < -0.39 is 16.1 Å². The topological polar surface area (TPSA) is 66.5 Å². The van der Waals surface area contributed by atoms with Crippen molar-refractivity contribution >= 4 is 27.7 Å². The molecular formula is C19H22N2O3S2. The lowest BCUT2D eigenvalue weighted by atomic mass is 10.2. The first-order valence-electron chi connectivity index (χ1n) is 8.61. The SMILES string of the molecule is O=C(NCCSc1ccccc1)C1CCCN1S(=O)(=O)c1ccccc1. The number of rotatable bonds is 7. The summed E-state index contributed by atoms with van der Waals surface area (Å²) in [6.07, 6.45) is 1.26. The molecule has 0 spiro atoms. The molecule has 138 valence electrons. The summed E-state index contributed by atoms with van der Waals surface area (Å²) >= 11 is 1.66. The van der Waals surface area contributed by atoms with Gasteiger partial charge in [-0.15, -0.1) is 11.8 Å². The number of carbonyl (C=O) groups is 1. The quantitative estimate of drug-likeness (QED) is 0.583. The molecule has 0 saturated carbocycles. The number of amides is 1. The van der Waals surface area contributed by atoms with Gasteiger partial charge < -0.3 is 5.32 Å². The van der Waals surface area contributed by atoms with Crippen molar-refractivity contribution in [2.24, 2.45) is 0 Å². The molecule has 0 radical (unpaired) electrons. The molecule has 1 unspecified atom stereocenters. The van der Waals surface area contributed by atoms with Crippen molar-refractivity contribution in [1.82, 2.24) is 9.62 Å². The van der Waals surface area contributed by atoms with Crippen LogP contribution in [0.3, 0.4) is 0 Å². The van der Waals surface area contributed by atoms with E-state index in [2.05, 4.69) is 5.32 Å². The van der Waals surface area contributed by atoms with Gasteiger partial charge in [0.2, 0.25) is 15.9 Å². The number of carbonyl (C=O) groups excluding carboxylic acids is 1. The Kier molecular flexibility index (Phi) is 6.34. The van der Waals surface area contributed by atoms with Gasteiger partial charge in [-0.05, 0) is 37.1 Å². The van der Waals surface area contributed by atoms with Gasteiger partial charge in [-0.3, -0.25) is 4.79 Å². The van der Waals surface area contributed by atoms with Gasteiger partial charge in [0.05, 0.1) is 4.90 Å². The number of thioether (sulfide) groups is 1. The van der Waals surface area contributed by atoms with Crippen LogP contribution in [-0.2, 0) is 14.8 Å². The fraction of sp³-hybridized carbons (Fsp3) is 0.316. The van der Waals surface area contributed by atoms with Gasteiger partial charge in [0.25, 0.3) is 0 Å². The molecular weight excluding hydrogens is 368 g/mol. The molecule has 2 aromatic rings. The molecule has 7 heteroatoms. The summed E-state index contributed by atoms with van der Waals surface area (Å²) in [5, 5.41) is 2.88. The highest BCUT2D eigenvalue weighted by Crippen LogP contribution is 2.26. The van der Waals surface area contributed by atoms with Crippen molar-refractivity contribution < 1.29 is 13.2 Å². The molecule has 1 fully saturated rings. The predicted molar refractivity (Wildman–Crippen MR) is 104 cm³/mol. The van der Waals surface area contributed by atoms with Crippen LogP contribution in [-0.4, -0.2) is 43.5 Å². The number of hydrogen-bond donors (Lipinski definition) is 1. The fourth-order valence-electron chi connectivity index (χ4n) is 3.00. The first-order chi connectivity index (χ1) is 12.6. The van der Waals surface area contributed by atoms with Crippen molar-refractivity contribution in [3.05, 3.63) is 60.7 Å². The van der Waals surface area contributed by atoms with E-state index in [9.17, 15) is 13.2 Å². The van der Waals surface area contributed by atoms with Crippen LogP contribution >= 0.6 is 11.8 Å². The van der Waals surface area contributed by atoms with Crippen LogP contribution in [0.4, 0.5) is 0 Å². The van der Waals surface area contributed by atoms with E-state index in [0.29, 0.717) is 25.9 Å². The van der Waals surface area contributed by atoms with E-state index in [4.69, 9.17) is 0 Å². The minimum absolute atomic E-state index is 0.212. The van der Waals surface area contributed by atoms with Gasteiger partial charge >= 0.3 is 0 Å². The van der Waals surface area contributed by atoms with Crippen molar-refractivity contribution in [3.63, 3.8) is 0 Å². The summed E-state index contributed by atoms with van der Waals surface area (Å²) in [6, 6.07) is 17.6. The molecule has 0 aliphatic carbocycles. The molecule has 0 bridgehead atoms. The number of nitrogens with zero attached hydrogens (tertiary/aromatic N) is 1. The Morgan fingerprint density at radius 3 is 2.42 bits per heavy atom. The maximum absolute atomic E-state index is 12.8. The maximum atomic E-state index is 12.8. The fourth-order valence-corrected chi connectivity index (χ4v) is 5.46. The molecule has 1 saturated heterocycles. The largest absolute Gasteiger partial charge is 0.354 e. The Bertz CT molecular complexity index is 826. The average molecular weight is 391 g/mol. The summed E-state index contributed by atoms with van der Waals surface area (Å²) in [7, 11) is -3.64. The molecule has 5 nitrogen and oxygen atoms in total. The van der Waals surface area contributed by atoms with Crippen molar-refractivity contribution in [2.45, 2.75) is 28.7 Å². The zero-order chi connectivity index (χ0) is 18.4. The minimum Gasteiger partial charge on any atom is -0.354 e. The highest BCUT2D eigenvalue weighted by Gasteiger charge is 2.39. The van der Waals surface area contributed by atoms with Crippen LogP contribution < -0.4 is 5.32 Å². The molecule has 1 atom stereocenters. The van der Waals surface area contributed by atoms with Crippen LogP contribution in [0.2, 0.25) is 0 Å². The standard InChI is InChI=1S/C19H22N2O3S2/c22-19(20-13-15-25-16-8-3-1-4-9-16)18-12-7-14-21(18)26(23,24)17-10-5-2-6-11-17/h1-6,8-11,18H,7,12-15H2,(H,20,22). The van der Waals surface area contributed by atoms with E-state index in [1.54, 1.807) is 42.1 Å². The van der Waals surface area contributed by atoms with Crippen molar-refractivity contribution in [1.29, 1.82) is 0 Å². The monoisotopic (exact) mass is 390 g/mol. The summed E-state index contributed by atoms with van der Waals surface area (Å²) in [5.41, 5.74) is 0. The molecule has 1 N–H and O–H groups in total. The van der Waals surface area contributed by atoms with E-state index in [0.717, 1.165) is 10.6 Å². The first-order valence-corrected chi connectivity index (χ1v) is 11.0. The zero-order valence-electron chi connectivity index (χ0n) is 14.4. The van der Waals surface area contributed by atoms with Gasteiger partial charge in [0.1, 0.15) is 6.04 Å². The third kappa shape index (κ3) is 4.47. The average Bonchev–Trinajstić information content (AvgIpc) is 3.17. The number of hydrogen-bond acceptors (Lipinski definition) is 4. The second-order valence-corrected chi connectivity index (χ2v) is 9.10. The van der Waals surface area contributed by atoms with Gasteiger partial charge in [0.15, 0.2) is 0 Å². The molecule has 1 aliphatic heterocycles. The lowest BCUT2D eigenvalue weighted by Crippen LogP contribution is -2.46. The number of nitrogens with one attached hydrogen (secondary N) is 1. The third-order valence-corrected chi connectivity index (χ3v) is 7.21. The summed E-state index contributed by atoms with van der Waals surface area (Å²) in [5.74, 6) is 0.532. The van der Waals surface area contributed by atoms with Gasteiger partial charge in [0, 0.05) is 23.7 Å². The molecule has 1 heterocycles. The minimum atomic E-state index is -3.64. The second-order valence-electron chi connectivity index (χ2n) is 6.04. The molecule has 0 aromatic heterocycles. The molecule has 3 rings (SSSR count). The summed E-state index contributed by atoms with van der Waals surface area (Å²) in [4.78, 5) is 13.9. The van der Waals surface area contributed by atoms with Gasteiger partial charge in [-0.2, -0.15) is 4.31 Å². The normalized spacial score (nSPS) is 17.9. The second kappa shape index (κ2) is 8.70. The third-order valence-electron chi connectivity index (χ3n) is 4.27. The molecule has 26 heavy (non-hydrogen) atoms. The van der Waals surface area contributed by atoms with E-state index in [1.165, 1.54) is 4.31 Å². The van der Waals surface area contributed by atoms with E-state index >= 15 is 0 Å². The highest BCUT2D eigenvalue weighted by atomic mass is 32.2. The van der Waals surface area contributed by atoms with E-state index in [-0.39, 0.29) is 10.8 Å². The Morgan fingerprint density at radius 2 is 1.73 bits per heavy atom. The summed E-state index contributed by atoms with van der Waals surface area (Å²) in [6.45, 7) is 0.891. The Morgan fingerprint density at radius 1 is 1.08 bits per heavy atom. The van der Waals surface area contributed by atoms with Gasteiger partial charge in [-0.1, -0.05) is 36.4 Å². The number of sulfonamides is 1. The smallest absolute Gasteiger partial charge is 0.243 e. The van der Waals surface area contributed by atoms with Crippen molar-refractivity contribution in [2.75, 3.05) is 18.8 Å². The van der Waals surface area contributed by atoms with E-state index in [1.807, 2.05) is 30.3 Å². The zero-order valence-corrected chi connectivity index (χ0v) is 16.0. The first kappa shape index (κ1) is 18.9. The van der Waals surface area contributed by atoms with Crippen LogP contribution in [0.1, 0.15) is 12.8 Å². The van der Waals surface area contributed by atoms with Crippen LogP contribution in [0, 0.1) is 0 Å². The number of benzene rings is 2. The maximum Gasteiger partial charge on any atom is 0.243 e. The Hall–Kier alpha value is -1.83. The van der Waals surface area contributed by atoms with Crippen LogP contribution in [0.5, 0.6) is 0 Å². The highest BCUT2D eigenvalue weighted by molar-refractivity contribution is 7.99. The summed E-state index contributed by atoms with van der Waals surface area (Å²) < 4.78 is 26.9.